The van der Waals surface area contributed by atoms with Gasteiger partial charge in [-0.05, 0) is 64.2 Å². The second-order valence-electron chi connectivity index (χ2n) is 8.67. The molecule has 30 heavy (non-hydrogen) atoms. The summed E-state index contributed by atoms with van der Waals surface area (Å²) in [5.41, 5.74) is 0. The molecule has 0 radical (unpaired) electrons. The Morgan fingerprint density at radius 2 is 2.00 bits per heavy atom. The number of nitrogens with one attached hydrogen (secondary N) is 1. The molecule has 2 aromatic heterocycles. The summed E-state index contributed by atoms with van der Waals surface area (Å²) in [5.74, 6) is 1.25. The van der Waals surface area contributed by atoms with Gasteiger partial charge in [-0.15, -0.1) is 11.3 Å². The topological polar surface area (TPSA) is 61.4 Å². The molecular weight excluding hydrogens is 394 g/mol. The molecule has 7 heteroatoms. The zero-order chi connectivity index (χ0) is 20.8. The van der Waals surface area contributed by atoms with Crippen LogP contribution in [0.25, 0.3) is 10.2 Å². The first-order valence-electron chi connectivity index (χ1n) is 11.7. The lowest BCUT2D eigenvalue weighted by atomic mass is 9.97. The van der Waals surface area contributed by atoms with Crippen LogP contribution in [-0.4, -0.2) is 60.0 Å². The highest BCUT2D eigenvalue weighted by molar-refractivity contribution is 7.18. The number of hydrogen-bond acceptors (Lipinski definition) is 6. The number of hydrogen-bond donors (Lipinski definition) is 1. The summed E-state index contributed by atoms with van der Waals surface area (Å²) in [6.07, 6.45) is 11.1. The zero-order valence-electron chi connectivity index (χ0n) is 18.2. The summed E-state index contributed by atoms with van der Waals surface area (Å²) in [6.45, 7) is 8.22. The van der Waals surface area contributed by atoms with Gasteiger partial charge in [0.25, 0.3) is 0 Å². The summed E-state index contributed by atoms with van der Waals surface area (Å²) in [6, 6.07) is 2.22. The van der Waals surface area contributed by atoms with Crippen LogP contribution in [-0.2, 0) is 11.2 Å². The van der Waals surface area contributed by atoms with Gasteiger partial charge in [0.05, 0.1) is 11.3 Å². The molecule has 164 valence electrons. The lowest BCUT2D eigenvalue weighted by Gasteiger charge is -2.33. The first-order valence-corrected chi connectivity index (χ1v) is 12.5. The Morgan fingerprint density at radius 1 is 1.17 bits per heavy atom. The highest BCUT2D eigenvalue weighted by atomic mass is 32.1. The maximum absolute atomic E-state index is 12.8. The number of aryl methyl sites for hydroxylation is 1. The van der Waals surface area contributed by atoms with E-state index in [0.29, 0.717) is 0 Å². The summed E-state index contributed by atoms with van der Waals surface area (Å²) < 4.78 is 0. The van der Waals surface area contributed by atoms with Crippen molar-refractivity contribution >= 4 is 33.3 Å². The monoisotopic (exact) mass is 429 g/mol. The van der Waals surface area contributed by atoms with Crippen molar-refractivity contribution in [2.45, 2.75) is 58.3 Å². The number of aromatic nitrogens is 2. The summed E-state index contributed by atoms with van der Waals surface area (Å²) in [5, 5.41) is 4.34. The molecule has 2 aliphatic heterocycles. The number of carbonyl (C=O) groups excluding carboxylic acids is 1. The Labute approximate surface area is 184 Å². The Balaban J connectivity index is 1.29. The number of anilines is 1. The van der Waals surface area contributed by atoms with Crippen LogP contribution in [0, 0.1) is 5.92 Å². The summed E-state index contributed by atoms with van der Waals surface area (Å²) in [4.78, 5) is 29.1. The molecule has 0 bridgehead atoms. The van der Waals surface area contributed by atoms with Gasteiger partial charge in [0.1, 0.15) is 17.0 Å². The standard InChI is InChI=1S/C23H35N5OS/c1-2-19-15-20-21(25-17-26-23(20)30-19)28-14-7-9-18(16-28)22(29)24-10-8-13-27-11-5-3-4-6-12-27/h15,17-18H,2-14,16H2,1H3,(H,24,29)/t18-/m1/s1. The van der Waals surface area contributed by atoms with Crippen molar-refractivity contribution in [1.29, 1.82) is 0 Å². The molecule has 0 spiro atoms. The predicted molar refractivity (Wildman–Crippen MR) is 124 cm³/mol. The van der Waals surface area contributed by atoms with E-state index >= 15 is 0 Å². The van der Waals surface area contributed by atoms with E-state index in [1.807, 2.05) is 0 Å². The molecule has 2 aromatic rings. The van der Waals surface area contributed by atoms with Gasteiger partial charge in [0.15, 0.2) is 0 Å². The minimum atomic E-state index is 0.0474. The average molecular weight is 430 g/mol. The van der Waals surface area contributed by atoms with Crippen molar-refractivity contribution in [1.82, 2.24) is 20.2 Å². The highest BCUT2D eigenvalue weighted by Crippen LogP contribution is 2.32. The molecule has 2 fully saturated rings. The van der Waals surface area contributed by atoms with Crippen molar-refractivity contribution in [3.8, 4) is 0 Å². The Morgan fingerprint density at radius 3 is 2.80 bits per heavy atom. The Bertz CT molecular complexity index is 830. The van der Waals surface area contributed by atoms with Gasteiger partial charge in [-0.2, -0.15) is 0 Å². The third-order valence-electron chi connectivity index (χ3n) is 6.45. The largest absolute Gasteiger partial charge is 0.356 e. The van der Waals surface area contributed by atoms with E-state index in [1.165, 1.54) is 43.6 Å². The minimum Gasteiger partial charge on any atom is -0.356 e. The van der Waals surface area contributed by atoms with E-state index in [4.69, 9.17) is 0 Å². The van der Waals surface area contributed by atoms with Crippen LogP contribution in [0.5, 0.6) is 0 Å². The zero-order valence-corrected chi connectivity index (χ0v) is 19.1. The number of rotatable bonds is 7. The number of piperidine rings is 1. The molecule has 0 saturated carbocycles. The van der Waals surface area contributed by atoms with Crippen LogP contribution in [0.4, 0.5) is 5.82 Å². The molecule has 1 amide bonds. The average Bonchev–Trinajstić information content (AvgIpc) is 3.04. The quantitative estimate of drug-likeness (QED) is 0.678. The second-order valence-corrected chi connectivity index (χ2v) is 9.78. The molecule has 2 saturated heterocycles. The van der Waals surface area contributed by atoms with Gasteiger partial charge in [-0.3, -0.25) is 4.79 Å². The summed E-state index contributed by atoms with van der Waals surface area (Å²) in [7, 11) is 0. The number of fused-ring (bicyclic) bond motifs is 1. The maximum atomic E-state index is 12.8. The van der Waals surface area contributed by atoms with E-state index in [9.17, 15) is 4.79 Å². The fourth-order valence-electron chi connectivity index (χ4n) is 4.72. The molecule has 4 heterocycles. The van der Waals surface area contributed by atoms with Crippen molar-refractivity contribution in [2.24, 2.45) is 5.92 Å². The molecular formula is C23H35N5OS. The molecule has 2 aliphatic rings. The third kappa shape index (κ3) is 5.30. The molecule has 0 aromatic carbocycles. The minimum absolute atomic E-state index is 0.0474. The summed E-state index contributed by atoms with van der Waals surface area (Å²) >= 11 is 1.75. The van der Waals surface area contributed by atoms with Crippen LogP contribution in [0.2, 0.25) is 0 Å². The van der Waals surface area contributed by atoms with Crippen LogP contribution < -0.4 is 10.2 Å². The molecule has 1 N–H and O–H groups in total. The fraction of sp³-hybridized carbons (Fsp3) is 0.696. The lowest BCUT2D eigenvalue weighted by Crippen LogP contribution is -2.44. The SMILES string of the molecule is CCc1cc2c(N3CCC[C@@H](C(=O)NCCCN4CCCCCC4)C3)ncnc2s1. The number of likely N-dealkylation sites (tertiary alicyclic amines) is 1. The van der Waals surface area contributed by atoms with E-state index in [2.05, 4.69) is 38.1 Å². The van der Waals surface area contributed by atoms with Crippen LogP contribution in [0.15, 0.2) is 12.4 Å². The molecule has 0 aliphatic carbocycles. The van der Waals surface area contributed by atoms with Crippen molar-refractivity contribution < 1.29 is 4.79 Å². The highest BCUT2D eigenvalue weighted by Gasteiger charge is 2.27. The third-order valence-corrected chi connectivity index (χ3v) is 7.64. The second kappa shape index (κ2) is 10.5. The molecule has 6 nitrogen and oxygen atoms in total. The Kier molecular flexibility index (Phi) is 7.55. The van der Waals surface area contributed by atoms with E-state index in [-0.39, 0.29) is 11.8 Å². The van der Waals surface area contributed by atoms with Crippen LogP contribution >= 0.6 is 11.3 Å². The smallest absolute Gasteiger partial charge is 0.224 e. The molecule has 0 unspecified atom stereocenters. The molecule has 1 atom stereocenters. The number of amides is 1. The van der Waals surface area contributed by atoms with Crippen molar-refractivity contribution in [2.75, 3.05) is 44.2 Å². The van der Waals surface area contributed by atoms with Gasteiger partial charge in [0.2, 0.25) is 5.91 Å². The fourth-order valence-corrected chi connectivity index (χ4v) is 5.65. The van der Waals surface area contributed by atoms with Crippen molar-refractivity contribution in [3.05, 3.63) is 17.3 Å². The van der Waals surface area contributed by atoms with E-state index in [1.54, 1.807) is 17.7 Å². The number of nitrogens with zero attached hydrogens (tertiary/aromatic N) is 4. The van der Waals surface area contributed by atoms with Crippen LogP contribution in [0.3, 0.4) is 0 Å². The Hall–Kier alpha value is -1.73. The van der Waals surface area contributed by atoms with Gasteiger partial charge >= 0.3 is 0 Å². The predicted octanol–water partition coefficient (Wildman–Crippen LogP) is 3.85. The van der Waals surface area contributed by atoms with E-state index < -0.39 is 0 Å². The first-order chi connectivity index (χ1) is 14.7. The maximum Gasteiger partial charge on any atom is 0.224 e. The van der Waals surface area contributed by atoms with E-state index in [0.717, 1.165) is 67.9 Å². The van der Waals surface area contributed by atoms with Gasteiger partial charge in [0, 0.05) is 24.5 Å². The lowest BCUT2D eigenvalue weighted by molar-refractivity contribution is -0.125. The normalized spacial score (nSPS) is 21.0. The molecule has 4 rings (SSSR count). The first kappa shape index (κ1) is 21.5. The van der Waals surface area contributed by atoms with Crippen LogP contribution in [0.1, 0.15) is 56.7 Å². The number of thiophene rings is 1. The number of carbonyl (C=O) groups is 1. The van der Waals surface area contributed by atoms with Gasteiger partial charge in [-0.25, -0.2) is 9.97 Å². The van der Waals surface area contributed by atoms with Gasteiger partial charge in [-0.1, -0.05) is 19.8 Å². The van der Waals surface area contributed by atoms with Gasteiger partial charge < -0.3 is 15.1 Å². The van der Waals surface area contributed by atoms with Crippen molar-refractivity contribution in [3.63, 3.8) is 0 Å².